The average Bonchev–Trinajstić information content (AvgIpc) is 3.08. The fraction of sp³-hybridized carbons (Fsp3) is 0.0455. The first-order valence-electron chi connectivity index (χ1n) is 8.94. The third kappa shape index (κ3) is 3.87. The first-order chi connectivity index (χ1) is 14.4. The number of aromatic nitrogens is 2. The molecule has 0 unspecified atom stereocenters. The van der Waals surface area contributed by atoms with Gasteiger partial charge in [0.1, 0.15) is 5.75 Å². The zero-order chi connectivity index (χ0) is 21.3. The van der Waals surface area contributed by atoms with Gasteiger partial charge in [-0.1, -0.05) is 53.5 Å². The highest BCUT2D eigenvalue weighted by Crippen LogP contribution is 2.30. The molecule has 4 aromatic rings. The van der Waals surface area contributed by atoms with Crippen LogP contribution in [-0.4, -0.2) is 26.3 Å². The van der Waals surface area contributed by atoms with Crippen LogP contribution in [0.1, 0.15) is 15.9 Å². The number of halogens is 2. The van der Waals surface area contributed by atoms with Gasteiger partial charge in [0.25, 0.3) is 11.7 Å². The fourth-order valence-corrected chi connectivity index (χ4v) is 3.66. The van der Waals surface area contributed by atoms with Crippen LogP contribution < -0.4 is 5.32 Å². The number of fused-ring (bicyclic) bond motifs is 1. The largest absolute Gasteiger partial charge is 0.508 e. The monoisotopic (exact) mass is 439 g/mol. The quantitative estimate of drug-likeness (QED) is 0.341. The van der Waals surface area contributed by atoms with Crippen molar-refractivity contribution in [2.45, 2.75) is 6.54 Å². The third-order valence-electron chi connectivity index (χ3n) is 4.60. The van der Waals surface area contributed by atoms with Gasteiger partial charge in [-0.15, -0.1) is 0 Å². The maximum atomic E-state index is 13.0. The summed E-state index contributed by atoms with van der Waals surface area (Å²) in [6, 6.07) is 14.4. The highest BCUT2D eigenvalue weighted by atomic mass is 35.5. The van der Waals surface area contributed by atoms with E-state index in [4.69, 9.17) is 23.2 Å². The van der Waals surface area contributed by atoms with Crippen LogP contribution in [-0.2, 0) is 11.3 Å². The molecule has 0 saturated carbocycles. The number of amides is 1. The van der Waals surface area contributed by atoms with E-state index in [9.17, 15) is 14.7 Å². The second-order valence-electron chi connectivity index (χ2n) is 6.62. The molecule has 2 aromatic heterocycles. The molecule has 6 nitrogen and oxygen atoms in total. The highest BCUT2D eigenvalue weighted by Gasteiger charge is 2.23. The number of hydrogen-bond donors (Lipinski definition) is 2. The Balaban J connectivity index is 1.71. The molecule has 2 aromatic carbocycles. The van der Waals surface area contributed by atoms with E-state index in [1.54, 1.807) is 12.3 Å². The van der Waals surface area contributed by atoms with Gasteiger partial charge in [0, 0.05) is 36.0 Å². The van der Waals surface area contributed by atoms with Crippen LogP contribution in [0.15, 0.2) is 67.1 Å². The Morgan fingerprint density at radius 3 is 2.43 bits per heavy atom. The molecular weight excluding hydrogens is 425 g/mol. The maximum Gasteiger partial charge on any atom is 0.296 e. The molecule has 1 amide bonds. The van der Waals surface area contributed by atoms with Gasteiger partial charge in [-0.05, 0) is 23.8 Å². The van der Waals surface area contributed by atoms with Crippen molar-refractivity contribution in [3.05, 3.63) is 88.3 Å². The minimum atomic E-state index is -0.896. The molecule has 8 heteroatoms. The lowest BCUT2D eigenvalue weighted by atomic mass is 10.1. The Hall–Kier alpha value is -3.35. The van der Waals surface area contributed by atoms with Crippen LogP contribution in [0.4, 0.5) is 5.69 Å². The van der Waals surface area contributed by atoms with Gasteiger partial charge in [-0.25, -0.2) is 0 Å². The molecule has 0 aliphatic heterocycles. The van der Waals surface area contributed by atoms with Crippen LogP contribution in [0.5, 0.6) is 5.75 Å². The number of Topliss-reactive ketones (excluding diaryl/α,β-unsaturated/α-hetero) is 1. The number of phenols is 1. The minimum absolute atomic E-state index is 0.00496. The van der Waals surface area contributed by atoms with Crippen molar-refractivity contribution in [1.29, 1.82) is 0 Å². The van der Waals surface area contributed by atoms with Gasteiger partial charge < -0.3 is 15.0 Å². The van der Waals surface area contributed by atoms with Crippen LogP contribution in [0, 0.1) is 0 Å². The summed E-state index contributed by atoms with van der Waals surface area (Å²) >= 11 is 12.0. The number of nitrogens with one attached hydrogen (secondary N) is 1. The van der Waals surface area contributed by atoms with E-state index in [0.717, 1.165) is 5.56 Å². The van der Waals surface area contributed by atoms with Gasteiger partial charge >= 0.3 is 0 Å². The molecule has 4 rings (SSSR count). The number of nitrogens with zero attached hydrogens (tertiary/aromatic N) is 2. The number of anilines is 1. The number of benzene rings is 2. The lowest BCUT2D eigenvalue weighted by Gasteiger charge is -2.07. The molecule has 150 valence electrons. The predicted octanol–water partition coefficient (Wildman–Crippen LogP) is 4.92. The summed E-state index contributed by atoms with van der Waals surface area (Å²) in [7, 11) is 0. The summed E-state index contributed by atoms with van der Waals surface area (Å²) < 4.78 is 1.86. The normalized spacial score (nSPS) is 10.9. The van der Waals surface area contributed by atoms with Crippen molar-refractivity contribution >= 4 is 51.5 Å². The maximum absolute atomic E-state index is 13.0. The zero-order valence-electron chi connectivity index (χ0n) is 15.5. The number of ketones is 1. The fourth-order valence-electron chi connectivity index (χ4n) is 3.20. The second kappa shape index (κ2) is 8.18. The molecule has 0 bridgehead atoms. The Kier molecular flexibility index (Phi) is 5.44. The SMILES string of the molecule is O=C(Nc1c(Cl)cncc1Cl)C(=O)c1cn(Cc2ccccc2)c2ccc(O)cc12. The van der Waals surface area contributed by atoms with E-state index >= 15 is 0 Å². The number of rotatable bonds is 5. The number of phenolic OH excluding ortho intramolecular Hbond substituents is 1. The van der Waals surface area contributed by atoms with Crippen LogP contribution in [0.2, 0.25) is 10.0 Å². The summed E-state index contributed by atoms with van der Waals surface area (Å²) in [5.74, 6) is -1.68. The Morgan fingerprint density at radius 2 is 1.73 bits per heavy atom. The number of carbonyl (C=O) groups is 2. The third-order valence-corrected chi connectivity index (χ3v) is 5.18. The average molecular weight is 440 g/mol. The van der Waals surface area contributed by atoms with E-state index < -0.39 is 11.7 Å². The van der Waals surface area contributed by atoms with E-state index in [0.29, 0.717) is 17.4 Å². The van der Waals surface area contributed by atoms with Crippen LogP contribution >= 0.6 is 23.2 Å². The molecule has 2 N–H and O–H groups in total. The Bertz CT molecular complexity index is 1250. The van der Waals surface area contributed by atoms with Crippen LogP contribution in [0.25, 0.3) is 10.9 Å². The van der Waals surface area contributed by atoms with Crippen LogP contribution in [0.3, 0.4) is 0 Å². The molecule has 0 aliphatic carbocycles. The number of pyridine rings is 1. The highest BCUT2D eigenvalue weighted by molar-refractivity contribution is 6.50. The standard InChI is InChI=1S/C22H15Cl2N3O3/c23-17-9-25-10-18(24)20(17)26-22(30)21(29)16-12-27(11-13-4-2-1-3-5-13)19-7-6-14(28)8-15(16)19/h1-10,12,28H,11H2,(H,25,26,30). The zero-order valence-corrected chi connectivity index (χ0v) is 17.0. The second-order valence-corrected chi connectivity index (χ2v) is 7.43. The predicted molar refractivity (Wildman–Crippen MR) is 116 cm³/mol. The van der Waals surface area contributed by atoms with Crippen molar-refractivity contribution in [2.24, 2.45) is 0 Å². The van der Waals surface area contributed by atoms with E-state index in [1.807, 2.05) is 34.9 Å². The molecule has 0 radical (unpaired) electrons. The summed E-state index contributed by atoms with van der Waals surface area (Å²) in [5.41, 5.74) is 2.02. The van der Waals surface area contributed by atoms with Crippen molar-refractivity contribution in [3.8, 4) is 5.75 Å². The van der Waals surface area contributed by atoms with Gasteiger partial charge in [0.05, 0.1) is 21.3 Å². The van der Waals surface area contributed by atoms with E-state index in [2.05, 4.69) is 10.3 Å². The number of aromatic hydroxyl groups is 1. The van der Waals surface area contributed by atoms with Gasteiger partial charge in [0.15, 0.2) is 0 Å². The summed E-state index contributed by atoms with van der Waals surface area (Å²) in [4.78, 5) is 29.4. The molecule has 30 heavy (non-hydrogen) atoms. The number of hydrogen-bond acceptors (Lipinski definition) is 4. The molecular formula is C22H15Cl2N3O3. The van der Waals surface area contributed by atoms with Crippen molar-refractivity contribution in [1.82, 2.24) is 9.55 Å². The molecule has 0 spiro atoms. The first-order valence-corrected chi connectivity index (χ1v) is 9.70. The lowest BCUT2D eigenvalue weighted by molar-refractivity contribution is -0.112. The molecule has 0 saturated heterocycles. The van der Waals surface area contributed by atoms with Gasteiger partial charge in [-0.3, -0.25) is 14.6 Å². The molecule has 2 heterocycles. The van der Waals surface area contributed by atoms with Gasteiger partial charge in [-0.2, -0.15) is 0 Å². The van der Waals surface area contributed by atoms with E-state index in [1.165, 1.54) is 24.5 Å². The Labute approximate surface area is 181 Å². The number of carbonyl (C=O) groups excluding carboxylic acids is 2. The van der Waals surface area contributed by atoms with Crippen molar-refractivity contribution < 1.29 is 14.7 Å². The molecule has 0 fully saturated rings. The molecule has 0 aliphatic rings. The summed E-state index contributed by atoms with van der Waals surface area (Å²) in [5, 5.41) is 13.1. The van der Waals surface area contributed by atoms with Gasteiger partial charge in [0.2, 0.25) is 0 Å². The minimum Gasteiger partial charge on any atom is -0.508 e. The lowest BCUT2D eigenvalue weighted by Crippen LogP contribution is -2.23. The first kappa shape index (κ1) is 19.9. The topological polar surface area (TPSA) is 84.2 Å². The van der Waals surface area contributed by atoms with E-state index in [-0.39, 0.29) is 27.0 Å². The van der Waals surface area contributed by atoms with Crippen molar-refractivity contribution in [3.63, 3.8) is 0 Å². The summed E-state index contributed by atoms with van der Waals surface area (Å²) in [6.45, 7) is 0.499. The molecule has 0 atom stereocenters. The smallest absolute Gasteiger partial charge is 0.296 e. The summed E-state index contributed by atoms with van der Waals surface area (Å²) in [6.07, 6.45) is 4.24. The van der Waals surface area contributed by atoms with Crippen molar-refractivity contribution in [2.75, 3.05) is 5.32 Å². The Morgan fingerprint density at radius 1 is 1.03 bits per heavy atom.